The Morgan fingerprint density at radius 3 is 3.00 bits per heavy atom. The summed E-state index contributed by atoms with van der Waals surface area (Å²) < 4.78 is 13.4. The van der Waals surface area contributed by atoms with Crippen molar-refractivity contribution in [3.8, 4) is 0 Å². The van der Waals surface area contributed by atoms with Gasteiger partial charge in [-0.25, -0.2) is 9.18 Å². The van der Waals surface area contributed by atoms with Gasteiger partial charge in [-0.2, -0.15) is 0 Å². The van der Waals surface area contributed by atoms with Crippen LogP contribution in [0, 0.1) is 5.82 Å². The number of rotatable bonds is 1. The van der Waals surface area contributed by atoms with Gasteiger partial charge in [-0.05, 0) is 47.9 Å². The van der Waals surface area contributed by atoms with E-state index in [0.717, 1.165) is 34.1 Å². The standard InChI is InChI=1S/C18H16FN3O/c19-14-5-4-12-7-9-22(11-13(12)10-14)18(23)21-17-3-1-2-16-15(17)6-8-20-16/h1-6,8,10,20H,7,9,11H2,(H,21,23). The zero-order chi connectivity index (χ0) is 15.8. The fourth-order valence-corrected chi connectivity index (χ4v) is 3.09. The highest BCUT2D eigenvalue weighted by atomic mass is 19.1. The van der Waals surface area contributed by atoms with Crippen molar-refractivity contribution in [2.75, 3.05) is 11.9 Å². The van der Waals surface area contributed by atoms with Gasteiger partial charge in [0, 0.05) is 30.2 Å². The monoisotopic (exact) mass is 309 g/mol. The van der Waals surface area contributed by atoms with Gasteiger partial charge in [-0.3, -0.25) is 0 Å². The fraction of sp³-hybridized carbons (Fsp3) is 0.167. The van der Waals surface area contributed by atoms with Crippen molar-refractivity contribution in [3.63, 3.8) is 0 Å². The summed E-state index contributed by atoms with van der Waals surface area (Å²) in [4.78, 5) is 17.4. The Morgan fingerprint density at radius 1 is 1.17 bits per heavy atom. The van der Waals surface area contributed by atoms with Crippen LogP contribution in [0.4, 0.5) is 14.9 Å². The van der Waals surface area contributed by atoms with Gasteiger partial charge in [-0.15, -0.1) is 0 Å². The number of hydrogen-bond acceptors (Lipinski definition) is 1. The molecule has 0 atom stereocenters. The molecule has 0 saturated heterocycles. The molecular formula is C18H16FN3O. The average Bonchev–Trinajstić information content (AvgIpc) is 3.03. The smallest absolute Gasteiger partial charge is 0.322 e. The van der Waals surface area contributed by atoms with Gasteiger partial charge in [0.2, 0.25) is 0 Å². The molecule has 0 aliphatic carbocycles. The van der Waals surface area contributed by atoms with Crippen LogP contribution < -0.4 is 5.32 Å². The van der Waals surface area contributed by atoms with Crippen molar-refractivity contribution in [1.29, 1.82) is 0 Å². The Morgan fingerprint density at radius 2 is 2.09 bits per heavy atom. The second kappa shape index (κ2) is 5.43. The van der Waals surface area contributed by atoms with Crippen LogP contribution in [0.5, 0.6) is 0 Å². The van der Waals surface area contributed by atoms with Gasteiger partial charge >= 0.3 is 6.03 Å². The number of aromatic nitrogens is 1. The third-order valence-electron chi connectivity index (χ3n) is 4.30. The van der Waals surface area contributed by atoms with Crippen LogP contribution in [0.15, 0.2) is 48.7 Å². The molecule has 0 unspecified atom stereocenters. The van der Waals surface area contributed by atoms with Crippen molar-refractivity contribution in [1.82, 2.24) is 9.88 Å². The first kappa shape index (κ1) is 13.8. The minimum absolute atomic E-state index is 0.159. The van der Waals surface area contributed by atoms with Gasteiger partial charge in [0.15, 0.2) is 0 Å². The Hall–Kier alpha value is -2.82. The topological polar surface area (TPSA) is 48.1 Å². The third kappa shape index (κ3) is 2.54. The Kier molecular flexibility index (Phi) is 3.26. The lowest BCUT2D eigenvalue weighted by Gasteiger charge is -2.29. The number of nitrogens with one attached hydrogen (secondary N) is 2. The number of carbonyl (C=O) groups excluding carboxylic acids is 1. The van der Waals surface area contributed by atoms with Crippen LogP contribution in [-0.2, 0) is 13.0 Å². The van der Waals surface area contributed by atoms with E-state index in [0.29, 0.717) is 13.1 Å². The van der Waals surface area contributed by atoms with E-state index in [1.165, 1.54) is 12.1 Å². The van der Waals surface area contributed by atoms with Gasteiger partial charge < -0.3 is 15.2 Å². The number of benzene rings is 2. The Labute approximate surface area is 132 Å². The van der Waals surface area contributed by atoms with Crippen LogP contribution in [0.3, 0.4) is 0 Å². The summed E-state index contributed by atoms with van der Waals surface area (Å²) in [6.45, 7) is 1.07. The molecule has 0 bridgehead atoms. The van der Waals surface area contributed by atoms with Crippen LogP contribution in [0.2, 0.25) is 0 Å². The molecule has 0 radical (unpaired) electrons. The predicted molar refractivity (Wildman–Crippen MR) is 87.8 cm³/mol. The number of hydrogen-bond donors (Lipinski definition) is 2. The number of carbonyl (C=O) groups is 1. The number of H-pyrrole nitrogens is 1. The summed E-state index contributed by atoms with van der Waals surface area (Å²) in [6, 6.07) is 12.3. The number of urea groups is 1. The van der Waals surface area contributed by atoms with Crippen LogP contribution in [0.25, 0.3) is 10.9 Å². The summed E-state index contributed by atoms with van der Waals surface area (Å²) in [5.74, 6) is -0.261. The second-order valence-corrected chi connectivity index (χ2v) is 5.76. The molecular weight excluding hydrogens is 293 g/mol. The van der Waals surface area contributed by atoms with E-state index in [2.05, 4.69) is 10.3 Å². The Balaban J connectivity index is 1.55. The van der Waals surface area contributed by atoms with E-state index >= 15 is 0 Å². The second-order valence-electron chi connectivity index (χ2n) is 5.76. The van der Waals surface area contributed by atoms with Crippen LogP contribution in [0.1, 0.15) is 11.1 Å². The highest BCUT2D eigenvalue weighted by Gasteiger charge is 2.21. The molecule has 1 aromatic heterocycles. The number of aromatic amines is 1. The lowest BCUT2D eigenvalue weighted by Crippen LogP contribution is -2.38. The number of amides is 2. The summed E-state index contributed by atoms with van der Waals surface area (Å²) in [6.07, 6.45) is 2.59. The average molecular weight is 309 g/mol. The molecule has 3 aromatic rings. The molecule has 5 heteroatoms. The first-order valence-corrected chi connectivity index (χ1v) is 7.60. The van der Waals surface area contributed by atoms with Crippen LogP contribution >= 0.6 is 0 Å². The van der Waals surface area contributed by atoms with E-state index in [1.54, 1.807) is 11.0 Å². The lowest BCUT2D eigenvalue weighted by molar-refractivity contribution is 0.206. The van der Waals surface area contributed by atoms with Crippen molar-refractivity contribution in [3.05, 3.63) is 65.6 Å². The zero-order valence-electron chi connectivity index (χ0n) is 12.5. The SMILES string of the molecule is O=C(Nc1cccc2[nH]ccc12)N1CCc2ccc(F)cc2C1. The van der Waals surface area contributed by atoms with Gasteiger partial charge in [0.05, 0.1) is 5.69 Å². The van der Waals surface area contributed by atoms with Crippen molar-refractivity contribution >= 4 is 22.6 Å². The maximum atomic E-state index is 13.4. The zero-order valence-corrected chi connectivity index (χ0v) is 12.5. The molecule has 4 nitrogen and oxygen atoms in total. The molecule has 0 spiro atoms. The molecule has 116 valence electrons. The van der Waals surface area contributed by atoms with Crippen molar-refractivity contribution < 1.29 is 9.18 Å². The molecule has 4 rings (SSSR count). The minimum Gasteiger partial charge on any atom is -0.361 e. The maximum absolute atomic E-state index is 13.4. The van der Waals surface area contributed by atoms with Gasteiger partial charge in [0.25, 0.3) is 0 Å². The number of fused-ring (bicyclic) bond motifs is 2. The number of anilines is 1. The molecule has 2 N–H and O–H groups in total. The molecule has 2 aromatic carbocycles. The van der Waals surface area contributed by atoms with Gasteiger partial charge in [-0.1, -0.05) is 12.1 Å². The van der Waals surface area contributed by atoms with E-state index in [9.17, 15) is 9.18 Å². The molecule has 2 amide bonds. The van der Waals surface area contributed by atoms with E-state index in [4.69, 9.17) is 0 Å². The van der Waals surface area contributed by atoms with Crippen LogP contribution in [-0.4, -0.2) is 22.5 Å². The molecule has 2 heterocycles. The van der Waals surface area contributed by atoms with Crippen molar-refractivity contribution in [2.45, 2.75) is 13.0 Å². The van der Waals surface area contributed by atoms with E-state index in [1.807, 2.05) is 30.5 Å². The van der Waals surface area contributed by atoms with E-state index in [-0.39, 0.29) is 11.8 Å². The van der Waals surface area contributed by atoms with Crippen molar-refractivity contribution in [2.24, 2.45) is 0 Å². The number of halogens is 1. The first-order valence-electron chi connectivity index (χ1n) is 7.60. The summed E-state index contributed by atoms with van der Waals surface area (Å²) in [5.41, 5.74) is 3.75. The first-order chi connectivity index (χ1) is 11.2. The highest BCUT2D eigenvalue weighted by molar-refractivity contribution is 6.00. The summed E-state index contributed by atoms with van der Waals surface area (Å²) in [5, 5.41) is 3.94. The molecule has 0 fully saturated rings. The molecule has 1 aliphatic heterocycles. The Bertz CT molecular complexity index is 887. The fourth-order valence-electron chi connectivity index (χ4n) is 3.09. The predicted octanol–water partition coefficient (Wildman–Crippen LogP) is 3.90. The summed E-state index contributed by atoms with van der Waals surface area (Å²) in [7, 11) is 0. The maximum Gasteiger partial charge on any atom is 0.322 e. The lowest BCUT2D eigenvalue weighted by atomic mass is 10.00. The largest absolute Gasteiger partial charge is 0.361 e. The molecule has 1 aliphatic rings. The van der Waals surface area contributed by atoms with Gasteiger partial charge in [0.1, 0.15) is 5.82 Å². The minimum atomic E-state index is -0.261. The molecule has 23 heavy (non-hydrogen) atoms. The molecule has 0 saturated carbocycles. The van der Waals surface area contributed by atoms with E-state index < -0.39 is 0 Å². The highest BCUT2D eigenvalue weighted by Crippen LogP contribution is 2.24. The number of nitrogens with zero attached hydrogens (tertiary/aromatic N) is 1. The quantitative estimate of drug-likeness (QED) is 0.704. The summed E-state index contributed by atoms with van der Waals surface area (Å²) >= 11 is 0. The third-order valence-corrected chi connectivity index (χ3v) is 4.30. The normalized spacial score (nSPS) is 13.9.